The highest BCUT2D eigenvalue weighted by Crippen LogP contribution is 2.20. The predicted octanol–water partition coefficient (Wildman–Crippen LogP) is 1.14. The summed E-state index contributed by atoms with van der Waals surface area (Å²) >= 11 is 0. The number of hydrogen-bond acceptors (Lipinski definition) is 4. The molecule has 1 N–H and O–H groups in total. The van der Waals surface area contributed by atoms with Gasteiger partial charge < -0.3 is 4.90 Å². The Kier molecular flexibility index (Phi) is 4.27. The number of nitrogens with zero attached hydrogens (tertiary/aromatic N) is 4. The number of H-pyrrole nitrogens is 1. The van der Waals surface area contributed by atoms with Crippen LogP contribution in [0.2, 0.25) is 0 Å². The van der Waals surface area contributed by atoms with Crippen LogP contribution < -0.4 is 5.56 Å². The molecule has 0 bridgehead atoms. The van der Waals surface area contributed by atoms with Crippen molar-refractivity contribution in [3.63, 3.8) is 0 Å². The van der Waals surface area contributed by atoms with Crippen LogP contribution in [0.3, 0.4) is 0 Å². The van der Waals surface area contributed by atoms with E-state index >= 15 is 0 Å². The molecule has 0 atom stereocenters. The summed E-state index contributed by atoms with van der Waals surface area (Å²) in [7, 11) is 0. The number of hydrogen-bond donors (Lipinski definition) is 1. The first kappa shape index (κ1) is 15.5. The van der Waals surface area contributed by atoms with Crippen LogP contribution in [-0.4, -0.2) is 43.9 Å². The van der Waals surface area contributed by atoms with E-state index < -0.39 is 0 Å². The van der Waals surface area contributed by atoms with Crippen LogP contribution in [0.15, 0.2) is 23.0 Å². The Bertz CT molecular complexity index is 756. The normalized spacial score (nSPS) is 15.8. The number of amides is 1. The van der Waals surface area contributed by atoms with Crippen LogP contribution in [-0.2, 0) is 6.54 Å². The zero-order valence-corrected chi connectivity index (χ0v) is 13.5. The number of aromatic nitrogens is 4. The number of rotatable bonds is 3. The van der Waals surface area contributed by atoms with E-state index in [1.807, 2.05) is 18.7 Å². The Balaban J connectivity index is 1.59. The summed E-state index contributed by atoms with van der Waals surface area (Å²) in [5.74, 6) is 0.339. The average molecular weight is 315 g/mol. The Labute approximate surface area is 134 Å². The van der Waals surface area contributed by atoms with Gasteiger partial charge in [-0.3, -0.25) is 14.7 Å². The van der Waals surface area contributed by atoms with Gasteiger partial charge in [0.05, 0.1) is 5.69 Å². The molecule has 0 aliphatic carbocycles. The second-order valence-corrected chi connectivity index (χ2v) is 6.17. The first-order valence-corrected chi connectivity index (χ1v) is 7.89. The zero-order chi connectivity index (χ0) is 16.4. The van der Waals surface area contributed by atoms with E-state index in [4.69, 9.17) is 0 Å². The van der Waals surface area contributed by atoms with Crippen LogP contribution in [0.5, 0.6) is 0 Å². The van der Waals surface area contributed by atoms with Crippen molar-refractivity contribution in [2.45, 2.75) is 33.2 Å². The number of aromatic amines is 1. The fourth-order valence-electron chi connectivity index (χ4n) is 2.93. The van der Waals surface area contributed by atoms with E-state index in [2.05, 4.69) is 15.3 Å². The molecule has 3 rings (SSSR count). The summed E-state index contributed by atoms with van der Waals surface area (Å²) in [5.41, 5.74) is 2.12. The van der Waals surface area contributed by atoms with Crippen molar-refractivity contribution in [2.24, 2.45) is 5.92 Å². The van der Waals surface area contributed by atoms with Crippen molar-refractivity contribution in [3.05, 3.63) is 45.6 Å². The standard InChI is InChI=1S/C16H21N5O2/c1-11-3-4-15(22)21(19-11)10-13-5-7-20(8-6-13)16(23)14-9-12(2)17-18-14/h3-4,9,13H,5-8,10H2,1-2H3,(H,17,18). The lowest BCUT2D eigenvalue weighted by atomic mass is 9.96. The van der Waals surface area contributed by atoms with Gasteiger partial charge in [0.1, 0.15) is 5.69 Å². The molecule has 2 aromatic heterocycles. The van der Waals surface area contributed by atoms with Crippen molar-refractivity contribution in [1.82, 2.24) is 24.9 Å². The number of nitrogens with one attached hydrogen (secondary N) is 1. The topological polar surface area (TPSA) is 83.9 Å². The molecule has 1 amide bonds. The molecule has 0 radical (unpaired) electrons. The fourth-order valence-corrected chi connectivity index (χ4v) is 2.93. The van der Waals surface area contributed by atoms with Crippen LogP contribution in [0.4, 0.5) is 0 Å². The Morgan fingerprint density at radius 3 is 2.70 bits per heavy atom. The minimum absolute atomic E-state index is 0.0290. The van der Waals surface area contributed by atoms with E-state index in [9.17, 15) is 9.59 Å². The van der Waals surface area contributed by atoms with Gasteiger partial charge in [-0.15, -0.1) is 0 Å². The maximum atomic E-state index is 12.4. The summed E-state index contributed by atoms with van der Waals surface area (Å²) in [6.45, 7) is 5.75. The second-order valence-electron chi connectivity index (χ2n) is 6.17. The fraction of sp³-hybridized carbons (Fsp3) is 0.500. The van der Waals surface area contributed by atoms with Crippen molar-refractivity contribution >= 4 is 5.91 Å². The lowest BCUT2D eigenvalue weighted by Crippen LogP contribution is -2.40. The molecule has 0 aromatic carbocycles. The first-order valence-electron chi connectivity index (χ1n) is 7.89. The van der Waals surface area contributed by atoms with E-state index in [-0.39, 0.29) is 11.5 Å². The predicted molar refractivity (Wildman–Crippen MR) is 85.2 cm³/mol. The smallest absolute Gasteiger partial charge is 0.274 e. The van der Waals surface area contributed by atoms with Gasteiger partial charge in [-0.25, -0.2) is 4.68 Å². The second kappa shape index (κ2) is 6.36. The first-order chi connectivity index (χ1) is 11.0. The van der Waals surface area contributed by atoms with E-state index in [1.54, 1.807) is 18.2 Å². The maximum Gasteiger partial charge on any atom is 0.274 e. The van der Waals surface area contributed by atoms with Crippen molar-refractivity contribution in [2.75, 3.05) is 13.1 Å². The molecule has 122 valence electrons. The van der Waals surface area contributed by atoms with Gasteiger partial charge in [0, 0.05) is 31.4 Å². The van der Waals surface area contributed by atoms with Crippen LogP contribution >= 0.6 is 0 Å². The van der Waals surface area contributed by atoms with Gasteiger partial charge in [0.15, 0.2) is 0 Å². The summed E-state index contributed by atoms with van der Waals surface area (Å²) in [5, 5.41) is 11.1. The Hall–Kier alpha value is -2.44. The SMILES string of the molecule is Cc1ccc(=O)n(CC2CCN(C(=O)c3cc(C)[nH]n3)CC2)n1. The number of likely N-dealkylation sites (tertiary alicyclic amines) is 1. The lowest BCUT2D eigenvalue weighted by Gasteiger charge is -2.31. The van der Waals surface area contributed by atoms with E-state index in [1.165, 1.54) is 4.68 Å². The molecule has 7 heteroatoms. The number of carbonyl (C=O) groups is 1. The minimum Gasteiger partial charge on any atom is -0.337 e. The van der Waals surface area contributed by atoms with Gasteiger partial charge in [0.25, 0.3) is 11.5 Å². The minimum atomic E-state index is -0.0684. The van der Waals surface area contributed by atoms with Gasteiger partial charge in [0.2, 0.25) is 0 Å². The molecule has 1 aliphatic rings. The molecule has 0 spiro atoms. The quantitative estimate of drug-likeness (QED) is 0.920. The monoisotopic (exact) mass is 315 g/mol. The number of piperidine rings is 1. The molecule has 1 aliphatic heterocycles. The molecule has 1 fully saturated rings. The molecule has 7 nitrogen and oxygen atoms in total. The van der Waals surface area contributed by atoms with Crippen molar-refractivity contribution in [1.29, 1.82) is 0 Å². The third kappa shape index (κ3) is 3.49. The van der Waals surface area contributed by atoms with E-state index in [0.29, 0.717) is 31.2 Å². The molecular formula is C16H21N5O2. The number of carbonyl (C=O) groups excluding carboxylic acids is 1. The summed E-state index contributed by atoms with van der Waals surface area (Å²) in [6, 6.07) is 5.05. The average Bonchev–Trinajstić information content (AvgIpc) is 2.97. The van der Waals surface area contributed by atoms with Gasteiger partial charge in [-0.05, 0) is 44.7 Å². The zero-order valence-electron chi connectivity index (χ0n) is 13.5. The molecule has 3 heterocycles. The Morgan fingerprint density at radius 1 is 1.30 bits per heavy atom. The van der Waals surface area contributed by atoms with Crippen LogP contribution in [0.1, 0.15) is 34.7 Å². The van der Waals surface area contributed by atoms with Crippen molar-refractivity contribution in [3.8, 4) is 0 Å². The van der Waals surface area contributed by atoms with Gasteiger partial charge >= 0.3 is 0 Å². The number of aryl methyl sites for hydroxylation is 2. The highest BCUT2D eigenvalue weighted by Gasteiger charge is 2.25. The van der Waals surface area contributed by atoms with E-state index in [0.717, 1.165) is 24.2 Å². The van der Waals surface area contributed by atoms with Crippen molar-refractivity contribution < 1.29 is 4.79 Å². The third-order valence-corrected chi connectivity index (χ3v) is 4.26. The highest BCUT2D eigenvalue weighted by atomic mass is 16.2. The van der Waals surface area contributed by atoms with Crippen LogP contribution in [0.25, 0.3) is 0 Å². The summed E-state index contributed by atoms with van der Waals surface area (Å²) < 4.78 is 1.54. The highest BCUT2D eigenvalue weighted by molar-refractivity contribution is 5.92. The third-order valence-electron chi connectivity index (χ3n) is 4.26. The largest absolute Gasteiger partial charge is 0.337 e. The molecule has 2 aromatic rings. The molecular weight excluding hydrogens is 294 g/mol. The molecule has 23 heavy (non-hydrogen) atoms. The summed E-state index contributed by atoms with van der Waals surface area (Å²) in [6.07, 6.45) is 1.74. The molecule has 1 saturated heterocycles. The summed E-state index contributed by atoms with van der Waals surface area (Å²) in [4.78, 5) is 26.0. The van der Waals surface area contributed by atoms with Gasteiger partial charge in [-0.1, -0.05) is 0 Å². The molecule has 0 saturated carbocycles. The lowest BCUT2D eigenvalue weighted by molar-refractivity contribution is 0.0674. The maximum absolute atomic E-state index is 12.4. The molecule has 0 unspecified atom stereocenters. The Morgan fingerprint density at radius 2 is 2.04 bits per heavy atom. The van der Waals surface area contributed by atoms with Crippen LogP contribution in [0, 0.1) is 19.8 Å². The van der Waals surface area contributed by atoms with Gasteiger partial charge in [-0.2, -0.15) is 10.2 Å².